The van der Waals surface area contributed by atoms with Crippen LogP contribution < -0.4 is 10.6 Å². The minimum atomic E-state index is -0.539. The highest BCUT2D eigenvalue weighted by Gasteiger charge is 2.29. The molecule has 3 atom stereocenters. The second-order valence-electron chi connectivity index (χ2n) is 5.23. The van der Waals surface area contributed by atoms with Gasteiger partial charge < -0.3 is 20.5 Å². The Hall–Kier alpha value is -1.24. The van der Waals surface area contributed by atoms with E-state index >= 15 is 0 Å². The van der Waals surface area contributed by atoms with Gasteiger partial charge in [0.2, 0.25) is 0 Å². The van der Waals surface area contributed by atoms with Crippen LogP contribution in [0, 0.1) is 5.82 Å². The van der Waals surface area contributed by atoms with Crippen molar-refractivity contribution in [3.63, 3.8) is 0 Å². The molecule has 0 bridgehead atoms. The lowest BCUT2D eigenvalue weighted by Gasteiger charge is -2.21. The van der Waals surface area contributed by atoms with E-state index < -0.39 is 6.10 Å². The van der Waals surface area contributed by atoms with Crippen molar-refractivity contribution in [1.82, 2.24) is 10.6 Å². The van der Waals surface area contributed by atoms with E-state index in [0.717, 1.165) is 24.0 Å². The van der Waals surface area contributed by atoms with Crippen molar-refractivity contribution in [2.45, 2.75) is 31.0 Å². The number of rotatable bonds is 2. The molecular formula is C14H17FN2O2S. The predicted molar refractivity (Wildman–Crippen MR) is 76.9 cm³/mol. The van der Waals surface area contributed by atoms with Gasteiger partial charge in [0.15, 0.2) is 5.11 Å². The maximum absolute atomic E-state index is 13.7. The number of nitrogens with one attached hydrogen (secondary N) is 2. The third kappa shape index (κ3) is 2.63. The first-order chi connectivity index (χ1) is 9.65. The molecule has 1 heterocycles. The van der Waals surface area contributed by atoms with E-state index in [0.29, 0.717) is 18.3 Å². The Morgan fingerprint density at radius 2 is 2.20 bits per heavy atom. The number of hydrogen-bond acceptors (Lipinski definition) is 3. The van der Waals surface area contributed by atoms with E-state index in [-0.39, 0.29) is 17.9 Å². The van der Waals surface area contributed by atoms with Crippen LogP contribution in [0.2, 0.25) is 0 Å². The second kappa shape index (κ2) is 5.63. The van der Waals surface area contributed by atoms with Gasteiger partial charge in [0, 0.05) is 0 Å². The topological polar surface area (TPSA) is 53.5 Å². The zero-order valence-electron chi connectivity index (χ0n) is 10.9. The standard InChI is InChI=1S/C14H17FN2O2S/c15-10-3-1-2-9-8(10)4-5-11(9)16-14(20)17-12-6-19-7-13(12)18/h1-3,11-13,18H,4-7H2,(H2,16,17,20)/t11?,12-,13+/m0/s1. The summed E-state index contributed by atoms with van der Waals surface area (Å²) in [6.45, 7) is 0.774. The van der Waals surface area contributed by atoms with Crippen molar-refractivity contribution in [2.75, 3.05) is 13.2 Å². The average Bonchev–Trinajstić information content (AvgIpc) is 2.99. The Kier molecular flexibility index (Phi) is 3.87. The van der Waals surface area contributed by atoms with E-state index in [4.69, 9.17) is 17.0 Å². The number of hydrogen-bond donors (Lipinski definition) is 3. The largest absolute Gasteiger partial charge is 0.388 e. The second-order valence-corrected chi connectivity index (χ2v) is 5.64. The third-order valence-electron chi connectivity index (χ3n) is 3.89. The average molecular weight is 296 g/mol. The zero-order valence-corrected chi connectivity index (χ0v) is 11.8. The van der Waals surface area contributed by atoms with Gasteiger partial charge in [-0.15, -0.1) is 0 Å². The summed E-state index contributed by atoms with van der Waals surface area (Å²) in [5.41, 5.74) is 1.74. The molecule has 0 amide bonds. The normalized spacial score (nSPS) is 28.2. The Bertz CT molecular complexity index is 526. The first kappa shape index (κ1) is 13.7. The fourth-order valence-corrected chi connectivity index (χ4v) is 3.10. The van der Waals surface area contributed by atoms with Crippen LogP contribution in [0.25, 0.3) is 0 Å². The first-order valence-electron chi connectivity index (χ1n) is 6.75. The third-order valence-corrected chi connectivity index (χ3v) is 4.12. The monoisotopic (exact) mass is 296 g/mol. The Balaban J connectivity index is 1.62. The summed E-state index contributed by atoms with van der Waals surface area (Å²) in [5.74, 6) is -0.148. The van der Waals surface area contributed by atoms with Crippen molar-refractivity contribution >= 4 is 17.3 Å². The number of aliphatic hydroxyl groups excluding tert-OH is 1. The number of thiocarbonyl (C=S) groups is 1. The highest BCUT2D eigenvalue weighted by molar-refractivity contribution is 7.80. The molecule has 3 rings (SSSR count). The molecule has 1 saturated heterocycles. The van der Waals surface area contributed by atoms with Gasteiger partial charge in [0.1, 0.15) is 5.82 Å². The molecule has 4 nitrogen and oxygen atoms in total. The van der Waals surface area contributed by atoms with Crippen molar-refractivity contribution in [2.24, 2.45) is 0 Å². The van der Waals surface area contributed by atoms with Crippen LogP contribution >= 0.6 is 12.2 Å². The molecule has 20 heavy (non-hydrogen) atoms. The number of fused-ring (bicyclic) bond motifs is 1. The molecule has 1 aromatic rings. The fourth-order valence-electron chi connectivity index (χ4n) is 2.81. The van der Waals surface area contributed by atoms with Crippen LogP contribution in [0.5, 0.6) is 0 Å². The van der Waals surface area contributed by atoms with Gasteiger partial charge in [0.25, 0.3) is 0 Å². The lowest BCUT2D eigenvalue weighted by atomic mass is 10.1. The molecule has 1 aliphatic carbocycles. The van der Waals surface area contributed by atoms with Crippen LogP contribution in [-0.2, 0) is 11.2 Å². The fraction of sp³-hybridized carbons (Fsp3) is 0.500. The van der Waals surface area contributed by atoms with E-state index in [1.165, 1.54) is 6.07 Å². The molecule has 6 heteroatoms. The molecule has 0 radical (unpaired) electrons. The smallest absolute Gasteiger partial charge is 0.167 e. The number of ether oxygens (including phenoxy) is 1. The SMILES string of the molecule is O[C@@H]1COC[C@@H]1NC(=S)NC1CCc2c(F)cccc21. The first-order valence-corrected chi connectivity index (χ1v) is 7.16. The summed E-state index contributed by atoms with van der Waals surface area (Å²) in [6, 6.07) is 4.99. The van der Waals surface area contributed by atoms with Crippen LogP contribution in [0.3, 0.4) is 0 Å². The highest BCUT2D eigenvalue weighted by atomic mass is 32.1. The zero-order chi connectivity index (χ0) is 14.1. The molecule has 1 unspecified atom stereocenters. The lowest BCUT2D eigenvalue weighted by Crippen LogP contribution is -2.47. The molecule has 108 valence electrons. The molecule has 0 aromatic heterocycles. The summed E-state index contributed by atoms with van der Waals surface area (Å²) in [7, 11) is 0. The van der Waals surface area contributed by atoms with Gasteiger partial charge >= 0.3 is 0 Å². The molecule has 1 aliphatic heterocycles. The highest BCUT2D eigenvalue weighted by Crippen LogP contribution is 2.32. The van der Waals surface area contributed by atoms with Crippen LogP contribution in [0.15, 0.2) is 18.2 Å². The Morgan fingerprint density at radius 1 is 1.35 bits per heavy atom. The van der Waals surface area contributed by atoms with Gasteiger partial charge in [-0.3, -0.25) is 0 Å². The summed E-state index contributed by atoms with van der Waals surface area (Å²) < 4.78 is 18.8. The van der Waals surface area contributed by atoms with Crippen LogP contribution in [0.4, 0.5) is 4.39 Å². The molecule has 1 fully saturated rings. The van der Waals surface area contributed by atoms with Gasteiger partial charge in [-0.2, -0.15) is 0 Å². The maximum Gasteiger partial charge on any atom is 0.167 e. The van der Waals surface area contributed by atoms with Crippen molar-refractivity contribution in [3.8, 4) is 0 Å². The summed E-state index contributed by atoms with van der Waals surface area (Å²) in [6.07, 6.45) is 1.00. The summed E-state index contributed by atoms with van der Waals surface area (Å²) in [5, 5.41) is 16.4. The van der Waals surface area contributed by atoms with E-state index in [1.807, 2.05) is 6.07 Å². The molecule has 3 N–H and O–H groups in total. The van der Waals surface area contributed by atoms with Crippen molar-refractivity contribution in [1.29, 1.82) is 0 Å². The van der Waals surface area contributed by atoms with E-state index in [2.05, 4.69) is 10.6 Å². The minimum absolute atomic E-state index is 0.0279. The van der Waals surface area contributed by atoms with Gasteiger partial charge in [-0.25, -0.2) is 4.39 Å². The van der Waals surface area contributed by atoms with Crippen LogP contribution in [0.1, 0.15) is 23.6 Å². The molecular weight excluding hydrogens is 279 g/mol. The van der Waals surface area contributed by atoms with Crippen molar-refractivity contribution < 1.29 is 14.2 Å². The Labute approximate surface area is 122 Å². The number of benzene rings is 1. The maximum atomic E-state index is 13.7. The molecule has 1 aromatic carbocycles. The van der Waals surface area contributed by atoms with Crippen molar-refractivity contribution in [3.05, 3.63) is 35.1 Å². The van der Waals surface area contributed by atoms with Crippen LogP contribution in [-0.4, -0.2) is 35.6 Å². The summed E-state index contributed by atoms with van der Waals surface area (Å²) in [4.78, 5) is 0. The van der Waals surface area contributed by atoms with E-state index in [9.17, 15) is 9.50 Å². The minimum Gasteiger partial charge on any atom is -0.388 e. The Morgan fingerprint density at radius 3 is 2.95 bits per heavy atom. The number of aliphatic hydroxyl groups is 1. The van der Waals surface area contributed by atoms with E-state index in [1.54, 1.807) is 6.07 Å². The molecule has 0 spiro atoms. The lowest BCUT2D eigenvalue weighted by molar-refractivity contribution is 0.124. The number of halogens is 1. The van der Waals surface area contributed by atoms with Gasteiger partial charge in [0.05, 0.1) is 31.4 Å². The molecule has 2 aliphatic rings. The quantitative estimate of drug-likeness (QED) is 0.712. The predicted octanol–water partition coefficient (Wildman–Crippen LogP) is 1.04. The molecule has 0 saturated carbocycles. The van der Waals surface area contributed by atoms with Gasteiger partial charge in [-0.1, -0.05) is 12.1 Å². The summed E-state index contributed by atoms with van der Waals surface area (Å²) >= 11 is 5.26. The van der Waals surface area contributed by atoms with Gasteiger partial charge in [-0.05, 0) is 42.3 Å².